The van der Waals surface area contributed by atoms with Crippen molar-refractivity contribution in [3.05, 3.63) is 34.4 Å². The maximum absolute atomic E-state index is 10.2. The monoisotopic (exact) mass is 331 g/mol. The maximum atomic E-state index is 10.2. The van der Waals surface area contributed by atoms with Crippen LogP contribution in [0.3, 0.4) is 0 Å². The van der Waals surface area contributed by atoms with E-state index in [1.807, 2.05) is 6.07 Å². The molecule has 0 amide bonds. The van der Waals surface area contributed by atoms with Gasteiger partial charge in [-0.05, 0) is 0 Å². The minimum absolute atomic E-state index is 0.181. The van der Waals surface area contributed by atoms with E-state index in [0.717, 1.165) is 28.0 Å². The fourth-order valence-electron chi connectivity index (χ4n) is 0.607. The number of hydrogen-bond acceptors (Lipinski definition) is 2. The molecule has 0 N–H and O–H groups in total. The van der Waals surface area contributed by atoms with Crippen molar-refractivity contribution >= 4 is 33.7 Å². The fraction of sp³-hybridized carbons (Fsp3) is 0. The van der Waals surface area contributed by atoms with E-state index in [-0.39, 0.29) is 10.6 Å². The summed E-state index contributed by atoms with van der Waals surface area (Å²) in [5.74, 6) is 0. The van der Waals surface area contributed by atoms with E-state index in [1.165, 1.54) is 6.07 Å². The van der Waals surface area contributed by atoms with Gasteiger partial charge in [0, 0.05) is 0 Å². The van der Waals surface area contributed by atoms with Crippen LogP contribution < -0.4 is 3.27 Å². The standard InChI is InChI=1S/C6H4NO2.Bi/c8-7(9)6-4-2-1-3-5-6;/h1-2,4-5H;. The first-order valence-electron chi connectivity index (χ1n) is 2.63. The van der Waals surface area contributed by atoms with E-state index >= 15 is 0 Å². The molecule has 0 aliphatic carbocycles. The predicted octanol–water partition coefficient (Wildman–Crippen LogP) is 0.389. The first-order chi connectivity index (χ1) is 4.70. The van der Waals surface area contributed by atoms with Gasteiger partial charge in [-0.3, -0.25) is 0 Å². The first kappa shape index (κ1) is 7.61. The van der Waals surface area contributed by atoms with Crippen LogP contribution >= 0.6 is 0 Å². The van der Waals surface area contributed by atoms with Crippen molar-refractivity contribution in [3.63, 3.8) is 0 Å². The molecule has 1 aromatic rings. The van der Waals surface area contributed by atoms with Crippen LogP contribution in [0.25, 0.3) is 0 Å². The summed E-state index contributed by atoms with van der Waals surface area (Å²) in [5.41, 5.74) is 0.181. The summed E-state index contributed by atoms with van der Waals surface area (Å²) in [7, 11) is 0. The number of non-ortho nitro benzene ring substituents is 1. The molecule has 3 nitrogen and oxygen atoms in total. The number of benzene rings is 1. The second kappa shape index (κ2) is 3.06. The molecule has 0 aromatic heterocycles. The third kappa shape index (κ3) is 1.74. The molecule has 10 heavy (non-hydrogen) atoms. The summed E-state index contributed by atoms with van der Waals surface area (Å²) in [4.78, 5) is 9.79. The van der Waals surface area contributed by atoms with Crippen LogP contribution in [0.1, 0.15) is 0 Å². The Hall–Kier alpha value is -0.497. The molecular formula is C6H4BiNO2. The van der Waals surface area contributed by atoms with E-state index in [0.29, 0.717) is 0 Å². The average molecular weight is 331 g/mol. The van der Waals surface area contributed by atoms with Crippen molar-refractivity contribution < 1.29 is 4.92 Å². The second-order valence-corrected chi connectivity index (χ2v) is 3.78. The number of rotatable bonds is 1. The topological polar surface area (TPSA) is 43.1 Å². The van der Waals surface area contributed by atoms with Gasteiger partial charge in [0.05, 0.1) is 0 Å². The summed E-state index contributed by atoms with van der Waals surface area (Å²) in [6.07, 6.45) is 0. The van der Waals surface area contributed by atoms with E-state index in [2.05, 4.69) is 0 Å². The van der Waals surface area contributed by atoms with E-state index in [4.69, 9.17) is 0 Å². The van der Waals surface area contributed by atoms with Crippen LogP contribution in [0.4, 0.5) is 5.69 Å². The predicted molar refractivity (Wildman–Crippen MR) is 38.5 cm³/mol. The Morgan fingerprint density at radius 3 is 2.60 bits per heavy atom. The number of hydrogen-bond donors (Lipinski definition) is 0. The van der Waals surface area contributed by atoms with Gasteiger partial charge >= 0.3 is 73.0 Å². The zero-order valence-corrected chi connectivity index (χ0v) is 8.50. The number of nitro benzene ring substituents is 1. The molecule has 2 radical (unpaired) electrons. The van der Waals surface area contributed by atoms with Crippen LogP contribution in [0.2, 0.25) is 0 Å². The molecule has 1 aromatic carbocycles. The van der Waals surface area contributed by atoms with Crippen LogP contribution in [0.5, 0.6) is 0 Å². The van der Waals surface area contributed by atoms with Crippen molar-refractivity contribution in [3.8, 4) is 0 Å². The molecule has 4 heteroatoms. The van der Waals surface area contributed by atoms with Crippen LogP contribution in [0, 0.1) is 10.1 Å². The zero-order chi connectivity index (χ0) is 7.56. The van der Waals surface area contributed by atoms with Crippen LogP contribution in [-0.4, -0.2) is 29.6 Å². The van der Waals surface area contributed by atoms with E-state index in [1.54, 1.807) is 12.1 Å². The summed E-state index contributed by atoms with van der Waals surface area (Å²) >= 11 is 1.06. The Labute approximate surface area is 73.1 Å². The number of nitro groups is 1. The summed E-state index contributed by atoms with van der Waals surface area (Å²) in [6.45, 7) is 0. The average Bonchev–Trinajstić information content (AvgIpc) is 1.88. The molecule has 0 bridgehead atoms. The molecule has 0 atom stereocenters. The van der Waals surface area contributed by atoms with Gasteiger partial charge in [-0.2, -0.15) is 0 Å². The van der Waals surface area contributed by atoms with Gasteiger partial charge in [0.2, 0.25) is 0 Å². The molecule has 1 rings (SSSR count). The van der Waals surface area contributed by atoms with E-state index < -0.39 is 0 Å². The molecule has 0 saturated heterocycles. The van der Waals surface area contributed by atoms with Gasteiger partial charge in [0.15, 0.2) is 0 Å². The van der Waals surface area contributed by atoms with Crippen molar-refractivity contribution in [1.29, 1.82) is 0 Å². The summed E-state index contributed by atoms with van der Waals surface area (Å²) in [6, 6.07) is 6.67. The third-order valence-electron chi connectivity index (χ3n) is 1.04. The van der Waals surface area contributed by atoms with Gasteiger partial charge in [-0.15, -0.1) is 0 Å². The molecule has 0 aliphatic rings. The molecular weight excluding hydrogens is 327 g/mol. The van der Waals surface area contributed by atoms with Gasteiger partial charge in [-0.25, -0.2) is 0 Å². The SMILES string of the molecule is O=[N+]([O-])c1ccc[c]([Bi])c1. The second-order valence-electron chi connectivity index (χ2n) is 1.78. The van der Waals surface area contributed by atoms with E-state index in [9.17, 15) is 10.1 Å². The Morgan fingerprint density at radius 1 is 1.50 bits per heavy atom. The summed E-state index contributed by atoms with van der Waals surface area (Å²) in [5, 5.41) is 10.2. The molecule has 0 fully saturated rings. The van der Waals surface area contributed by atoms with Gasteiger partial charge in [0.25, 0.3) is 0 Å². The first-order valence-corrected chi connectivity index (χ1v) is 4.37. The Kier molecular flexibility index (Phi) is 2.33. The van der Waals surface area contributed by atoms with Crippen LogP contribution in [-0.2, 0) is 0 Å². The van der Waals surface area contributed by atoms with Gasteiger partial charge in [-0.1, -0.05) is 0 Å². The fourth-order valence-corrected chi connectivity index (χ4v) is 1.46. The molecule has 0 spiro atoms. The van der Waals surface area contributed by atoms with Crippen molar-refractivity contribution in [2.45, 2.75) is 0 Å². The Bertz CT molecular complexity index is 262. The van der Waals surface area contributed by atoms with Crippen molar-refractivity contribution in [2.75, 3.05) is 0 Å². The molecule has 0 aliphatic heterocycles. The molecule has 0 saturated carbocycles. The third-order valence-corrected chi connectivity index (χ3v) is 2.12. The Balaban J connectivity index is 3.07. The molecule has 50 valence electrons. The quantitative estimate of drug-likeness (QED) is 0.425. The van der Waals surface area contributed by atoms with Crippen molar-refractivity contribution in [2.24, 2.45) is 0 Å². The zero-order valence-electron chi connectivity index (χ0n) is 5.02. The minimum atomic E-state index is -0.378. The van der Waals surface area contributed by atoms with Gasteiger partial charge < -0.3 is 0 Å². The Morgan fingerprint density at radius 2 is 2.20 bits per heavy atom. The van der Waals surface area contributed by atoms with Crippen molar-refractivity contribution in [1.82, 2.24) is 0 Å². The summed E-state index contributed by atoms with van der Waals surface area (Å²) < 4.78 is 1.02. The van der Waals surface area contributed by atoms with Gasteiger partial charge in [0.1, 0.15) is 0 Å². The normalized spacial score (nSPS) is 9.30. The van der Waals surface area contributed by atoms with Crippen LogP contribution in [0.15, 0.2) is 24.3 Å². The molecule has 0 unspecified atom stereocenters. The number of nitrogens with zero attached hydrogens (tertiary/aromatic N) is 1. The molecule has 0 heterocycles.